The minimum Gasteiger partial charge on any atom is -0.278 e. The summed E-state index contributed by atoms with van der Waals surface area (Å²) in [6.07, 6.45) is 7.34. The van der Waals surface area contributed by atoms with Crippen molar-refractivity contribution in [2.24, 2.45) is 5.92 Å². The van der Waals surface area contributed by atoms with E-state index >= 15 is 0 Å². The molecule has 0 amide bonds. The van der Waals surface area contributed by atoms with Crippen LogP contribution >= 0.6 is 0 Å². The Morgan fingerprint density at radius 3 is 2.92 bits per heavy atom. The molecule has 0 spiro atoms. The van der Waals surface area contributed by atoms with Gasteiger partial charge < -0.3 is 0 Å². The fourth-order valence-electron chi connectivity index (χ4n) is 1.83. The molecule has 2 heteroatoms. The lowest BCUT2D eigenvalue weighted by Gasteiger charge is -2.18. The van der Waals surface area contributed by atoms with Crippen LogP contribution in [0.4, 0.5) is 0 Å². The Morgan fingerprint density at radius 1 is 1.46 bits per heavy atom. The van der Waals surface area contributed by atoms with E-state index in [1.165, 1.54) is 11.1 Å². The largest absolute Gasteiger partial charge is 0.278 e. The Labute approximate surface area is 78.4 Å². The summed E-state index contributed by atoms with van der Waals surface area (Å²) in [5.74, 6) is 0.602. The Balaban J connectivity index is 2.34. The molecule has 1 aromatic heterocycles. The zero-order valence-corrected chi connectivity index (χ0v) is 8.04. The van der Waals surface area contributed by atoms with Gasteiger partial charge >= 0.3 is 0 Å². The van der Waals surface area contributed by atoms with Gasteiger partial charge in [0.2, 0.25) is 0 Å². The maximum Gasteiger partial charge on any atom is 0.0612 e. The predicted molar refractivity (Wildman–Crippen MR) is 54.1 cm³/mol. The summed E-state index contributed by atoms with van der Waals surface area (Å²) in [6, 6.07) is 2.02. The third-order valence-electron chi connectivity index (χ3n) is 2.52. The first-order valence-electron chi connectivity index (χ1n) is 4.64. The van der Waals surface area contributed by atoms with Crippen LogP contribution < -0.4 is 0 Å². The molecule has 1 aromatic rings. The van der Waals surface area contributed by atoms with Crippen molar-refractivity contribution in [1.29, 1.82) is 0 Å². The smallest absolute Gasteiger partial charge is 0.0612 e. The van der Waals surface area contributed by atoms with Crippen molar-refractivity contribution in [1.82, 2.24) is 10.2 Å². The summed E-state index contributed by atoms with van der Waals surface area (Å²) in [6.45, 7) is 4.43. The summed E-state index contributed by atoms with van der Waals surface area (Å²) >= 11 is 0. The highest BCUT2D eigenvalue weighted by Gasteiger charge is 2.14. The maximum absolute atomic E-state index is 3.96. The molecule has 1 atom stereocenters. The molecular formula is C11H14N2. The lowest BCUT2D eigenvalue weighted by molar-refractivity contribution is 0.723. The number of aromatic amines is 1. The van der Waals surface area contributed by atoms with Gasteiger partial charge in [0.05, 0.1) is 5.69 Å². The van der Waals surface area contributed by atoms with E-state index in [1.807, 2.05) is 6.07 Å². The van der Waals surface area contributed by atoms with Gasteiger partial charge in [0.15, 0.2) is 0 Å². The van der Waals surface area contributed by atoms with Gasteiger partial charge in [0.25, 0.3) is 0 Å². The fourth-order valence-corrected chi connectivity index (χ4v) is 1.83. The Hall–Kier alpha value is -1.31. The number of hydrogen-bond acceptors (Lipinski definition) is 1. The monoisotopic (exact) mass is 174 g/mol. The van der Waals surface area contributed by atoms with Crippen LogP contribution in [0.5, 0.6) is 0 Å². The predicted octanol–water partition coefficient (Wildman–Crippen LogP) is 2.78. The molecule has 0 radical (unpaired) electrons. The van der Waals surface area contributed by atoms with Gasteiger partial charge in [-0.1, -0.05) is 24.6 Å². The average molecular weight is 174 g/mol. The number of hydrogen-bond donors (Lipinski definition) is 1. The zero-order chi connectivity index (χ0) is 9.26. The number of nitrogens with zero attached hydrogens (tertiary/aromatic N) is 1. The van der Waals surface area contributed by atoms with Crippen LogP contribution in [0.25, 0.3) is 5.57 Å². The van der Waals surface area contributed by atoms with E-state index in [9.17, 15) is 0 Å². The average Bonchev–Trinajstić information content (AvgIpc) is 2.56. The molecule has 0 saturated carbocycles. The SMILES string of the molecule is CC1=CC=C(c2ccn[nH]2)C(C)C1. The molecule has 0 saturated heterocycles. The molecule has 1 N–H and O–H groups in total. The number of rotatable bonds is 1. The standard InChI is InChI=1S/C11H14N2/c1-8-3-4-10(9(2)7-8)11-5-6-12-13-11/h3-6,9H,7H2,1-2H3,(H,12,13). The molecule has 2 nitrogen and oxygen atoms in total. The summed E-state index contributed by atoms with van der Waals surface area (Å²) in [5, 5.41) is 6.97. The van der Waals surface area contributed by atoms with Crippen LogP contribution in [0, 0.1) is 5.92 Å². The van der Waals surface area contributed by atoms with Crippen molar-refractivity contribution in [2.75, 3.05) is 0 Å². The summed E-state index contributed by atoms with van der Waals surface area (Å²) < 4.78 is 0. The second kappa shape index (κ2) is 3.21. The van der Waals surface area contributed by atoms with Crippen LogP contribution in [-0.4, -0.2) is 10.2 Å². The molecule has 13 heavy (non-hydrogen) atoms. The van der Waals surface area contributed by atoms with Gasteiger partial charge in [0.1, 0.15) is 0 Å². The van der Waals surface area contributed by atoms with Gasteiger partial charge in [-0.3, -0.25) is 5.10 Å². The minimum absolute atomic E-state index is 0.602. The second-order valence-electron chi connectivity index (χ2n) is 3.71. The molecule has 0 aromatic carbocycles. The fraction of sp³-hybridized carbons (Fsp3) is 0.364. The van der Waals surface area contributed by atoms with Crippen molar-refractivity contribution in [2.45, 2.75) is 20.3 Å². The van der Waals surface area contributed by atoms with Crippen molar-refractivity contribution in [3.05, 3.63) is 35.7 Å². The van der Waals surface area contributed by atoms with E-state index in [-0.39, 0.29) is 0 Å². The number of aromatic nitrogens is 2. The summed E-state index contributed by atoms with van der Waals surface area (Å²) in [5.41, 5.74) is 3.97. The summed E-state index contributed by atoms with van der Waals surface area (Å²) in [7, 11) is 0. The van der Waals surface area contributed by atoms with E-state index in [0.717, 1.165) is 12.1 Å². The first-order chi connectivity index (χ1) is 6.27. The number of H-pyrrole nitrogens is 1. The first-order valence-corrected chi connectivity index (χ1v) is 4.64. The Morgan fingerprint density at radius 2 is 2.31 bits per heavy atom. The molecular weight excluding hydrogens is 160 g/mol. The second-order valence-corrected chi connectivity index (χ2v) is 3.71. The highest BCUT2D eigenvalue weighted by Crippen LogP contribution is 2.30. The maximum atomic E-state index is 3.96. The normalized spacial score (nSPS) is 22.5. The third kappa shape index (κ3) is 1.57. The lowest BCUT2D eigenvalue weighted by atomic mass is 9.87. The van der Waals surface area contributed by atoms with Gasteiger partial charge in [-0.05, 0) is 30.9 Å². The molecule has 0 fully saturated rings. The highest BCUT2D eigenvalue weighted by molar-refractivity contribution is 5.67. The minimum atomic E-state index is 0.602. The van der Waals surface area contributed by atoms with Crippen molar-refractivity contribution in [3.8, 4) is 0 Å². The molecule has 0 aliphatic heterocycles. The van der Waals surface area contributed by atoms with E-state index in [2.05, 4.69) is 36.2 Å². The molecule has 2 rings (SSSR count). The quantitative estimate of drug-likeness (QED) is 0.696. The van der Waals surface area contributed by atoms with Crippen LogP contribution in [-0.2, 0) is 0 Å². The van der Waals surface area contributed by atoms with Crippen LogP contribution in [0.1, 0.15) is 26.0 Å². The number of nitrogens with one attached hydrogen (secondary N) is 1. The highest BCUT2D eigenvalue weighted by atomic mass is 15.1. The molecule has 1 aliphatic rings. The van der Waals surface area contributed by atoms with Gasteiger partial charge in [-0.15, -0.1) is 0 Å². The third-order valence-corrected chi connectivity index (χ3v) is 2.52. The van der Waals surface area contributed by atoms with E-state index < -0.39 is 0 Å². The van der Waals surface area contributed by atoms with E-state index in [0.29, 0.717) is 5.92 Å². The Bertz CT molecular complexity index is 344. The molecule has 68 valence electrons. The lowest BCUT2D eigenvalue weighted by Crippen LogP contribution is -2.03. The molecule has 1 heterocycles. The topological polar surface area (TPSA) is 28.7 Å². The Kier molecular flexibility index (Phi) is 2.05. The van der Waals surface area contributed by atoms with Crippen LogP contribution in [0.15, 0.2) is 30.0 Å². The van der Waals surface area contributed by atoms with Gasteiger partial charge in [-0.2, -0.15) is 5.10 Å². The van der Waals surface area contributed by atoms with E-state index in [1.54, 1.807) is 6.20 Å². The number of allylic oxidation sites excluding steroid dienone is 4. The van der Waals surface area contributed by atoms with Crippen molar-refractivity contribution in [3.63, 3.8) is 0 Å². The van der Waals surface area contributed by atoms with Gasteiger partial charge in [-0.25, -0.2) is 0 Å². The van der Waals surface area contributed by atoms with Crippen molar-refractivity contribution >= 4 is 5.57 Å². The summed E-state index contributed by atoms with van der Waals surface area (Å²) in [4.78, 5) is 0. The molecule has 1 unspecified atom stereocenters. The van der Waals surface area contributed by atoms with Gasteiger partial charge in [0, 0.05) is 6.20 Å². The first kappa shape index (κ1) is 8.30. The molecule has 0 bridgehead atoms. The van der Waals surface area contributed by atoms with Crippen molar-refractivity contribution < 1.29 is 0 Å². The van der Waals surface area contributed by atoms with Crippen LogP contribution in [0.3, 0.4) is 0 Å². The molecule has 1 aliphatic carbocycles. The van der Waals surface area contributed by atoms with Crippen LogP contribution in [0.2, 0.25) is 0 Å². The zero-order valence-electron chi connectivity index (χ0n) is 8.04. The van der Waals surface area contributed by atoms with E-state index in [4.69, 9.17) is 0 Å².